The lowest BCUT2D eigenvalue weighted by molar-refractivity contribution is 1.14. The molecule has 124 valence electrons. The van der Waals surface area contributed by atoms with Gasteiger partial charge in [-0.3, -0.25) is 0 Å². The molecule has 0 atom stereocenters. The van der Waals surface area contributed by atoms with E-state index in [1.54, 1.807) is 17.7 Å². The molecule has 1 N–H and O–H groups in total. The minimum absolute atomic E-state index is 0.864. The minimum Gasteiger partial charge on any atom is -0.339 e. The van der Waals surface area contributed by atoms with Crippen molar-refractivity contribution in [2.45, 2.75) is 20.3 Å². The van der Waals surface area contributed by atoms with Gasteiger partial charge in [-0.25, -0.2) is 9.97 Å². The smallest absolute Gasteiger partial charge is 0.143 e. The largest absolute Gasteiger partial charge is 0.339 e. The molecule has 2 aromatic carbocycles. The molecule has 2 aromatic heterocycles. The Kier molecular flexibility index (Phi) is 4.20. The molecule has 0 saturated heterocycles. The third kappa shape index (κ3) is 3.01. The molecule has 4 heteroatoms. The summed E-state index contributed by atoms with van der Waals surface area (Å²) in [6.45, 7) is 4.27. The lowest BCUT2D eigenvalue weighted by Gasteiger charge is -2.12. The molecular weight excluding hydrogens is 326 g/mol. The quantitative estimate of drug-likeness (QED) is 0.495. The topological polar surface area (TPSA) is 37.8 Å². The van der Waals surface area contributed by atoms with Gasteiger partial charge in [-0.1, -0.05) is 55.0 Å². The number of aromatic nitrogens is 2. The summed E-state index contributed by atoms with van der Waals surface area (Å²) < 4.78 is 0. The van der Waals surface area contributed by atoms with Crippen LogP contribution in [0.25, 0.3) is 21.3 Å². The average molecular weight is 345 g/mol. The Bertz CT molecular complexity index is 1020. The van der Waals surface area contributed by atoms with E-state index in [0.717, 1.165) is 28.1 Å². The van der Waals surface area contributed by atoms with Crippen LogP contribution in [0.15, 0.2) is 60.2 Å². The van der Waals surface area contributed by atoms with Crippen molar-refractivity contribution in [3.63, 3.8) is 0 Å². The monoisotopic (exact) mass is 345 g/mol. The third-order valence-corrected chi connectivity index (χ3v) is 5.27. The van der Waals surface area contributed by atoms with E-state index in [0.29, 0.717) is 0 Å². The fraction of sp³-hybridized carbons (Fsp3) is 0.143. The molecule has 3 nitrogen and oxygen atoms in total. The second kappa shape index (κ2) is 6.65. The lowest BCUT2D eigenvalue weighted by atomic mass is 10.0. The molecule has 0 saturated carbocycles. The first kappa shape index (κ1) is 15.8. The first-order valence-electron chi connectivity index (χ1n) is 8.40. The average Bonchev–Trinajstić information content (AvgIpc) is 3.08. The fourth-order valence-corrected chi connectivity index (χ4v) is 3.91. The van der Waals surface area contributed by atoms with Gasteiger partial charge in [0.2, 0.25) is 0 Å². The molecule has 0 unspecified atom stereocenters. The Morgan fingerprint density at radius 1 is 1.00 bits per heavy atom. The van der Waals surface area contributed by atoms with Crippen LogP contribution < -0.4 is 5.32 Å². The summed E-state index contributed by atoms with van der Waals surface area (Å²) in [5.41, 5.74) is 6.01. The van der Waals surface area contributed by atoms with E-state index in [-0.39, 0.29) is 0 Å². The number of hydrogen-bond donors (Lipinski definition) is 1. The normalized spacial score (nSPS) is 11.0. The Labute approximate surface area is 151 Å². The number of fused-ring (bicyclic) bond motifs is 1. The second-order valence-electron chi connectivity index (χ2n) is 6.05. The van der Waals surface area contributed by atoms with Gasteiger partial charge >= 0.3 is 0 Å². The molecule has 0 aliphatic carbocycles. The molecule has 0 fully saturated rings. The van der Waals surface area contributed by atoms with Crippen LogP contribution in [0.4, 0.5) is 11.5 Å². The third-order valence-electron chi connectivity index (χ3n) is 4.38. The van der Waals surface area contributed by atoms with Crippen molar-refractivity contribution in [2.75, 3.05) is 5.32 Å². The van der Waals surface area contributed by atoms with Crippen molar-refractivity contribution in [3.8, 4) is 11.1 Å². The van der Waals surface area contributed by atoms with Crippen LogP contribution in [0.2, 0.25) is 0 Å². The van der Waals surface area contributed by atoms with E-state index < -0.39 is 0 Å². The first-order chi connectivity index (χ1) is 12.3. The van der Waals surface area contributed by atoms with E-state index in [1.807, 2.05) is 6.07 Å². The zero-order chi connectivity index (χ0) is 17.2. The van der Waals surface area contributed by atoms with Crippen LogP contribution in [-0.2, 0) is 6.42 Å². The Balaban J connectivity index is 1.84. The van der Waals surface area contributed by atoms with E-state index in [2.05, 4.69) is 77.0 Å². The Hall–Kier alpha value is -2.72. The molecule has 4 rings (SSSR count). The van der Waals surface area contributed by atoms with Crippen LogP contribution in [0, 0.1) is 6.92 Å². The van der Waals surface area contributed by atoms with Gasteiger partial charge in [-0.15, -0.1) is 11.3 Å². The predicted octanol–water partition coefficient (Wildman–Crippen LogP) is 5.97. The zero-order valence-electron chi connectivity index (χ0n) is 14.3. The summed E-state index contributed by atoms with van der Waals surface area (Å²) in [5.74, 6) is 0.864. The van der Waals surface area contributed by atoms with E-state index in [9.17, 15) is 0 Å². The highest BCUT2D eigenvalue weighted by Gasteiger charge is 2.14. The van der Waals surface area contributed by atoms with Crippen molar-refractivity contribution in [1.29, 1.82) is 0 Å². The Morgan fingerprint density at radius 2 is 1.80 bits per heavy atom. The number of nitrogens with zero attached hydrogens (tertiary/aromatic N) is 2. The molecule has 0 amide bonds. The van der Waals surface area contributed by atoms with Gasteiger partial charge in [0.15, 0.2) is 0 Å². The molecule has 0 spiro atoms. The van der Waals surface area contributed by atoms with Crippen LogP contribution in [0.1, 0.15) is 18.1 Å². The van der Waals surface area contributed by atoms with Crippen molar-refractivity contribution in [1.82, 2.24) is 9.97 Å². The summed E-state index contributed by atoms with van der Waals surface area (Å²) in [5, 5.41) is 6.78. The van der Waals surface area contributed by atoms with Crippen molar-refractivity contribution >= 4 is 33.1 Å². The fourth-order valence-electron chi connectivity index (χ4n) is 2.99. The number of benzene rings is 2. The SMILES string of the molecule is CCc1ccccc1Nc1ncnc2scc(-c3ccc(C)cc3)c12. The zero-order valence-corrected chi connectivity index (χ0v) is 15.1. The van der Waals surface area contributed by atoms with E-state index in [4.69, 9.17) is 0 Å². The maximum absolute atomic E-state index is 4.54. The number of aryl methyl sites for hydroxylation is 2. The predicted molar refractivity (Wildman–Crippen MR) is 107 cm³/mol. The number of rotatable bonds is 4. The van der Waals surface area contributed by atoms with Gasteiger partial charge < -0.3 is 5.32 Å². The van der Waals surface area contributed by atoms with Gasteiger partial charge in [-0.2, -0.15) is 0 Å². The molecule has 0 aliphatic rings. The lowest BCUT2D eigenvalue weighted by Crippen LogP contribution is -1.98. The maximum Gasteiger partial charge on any atom is 0.143 e. The molecule has 25 heavy (non-hydrogen) atoms. The van der Waals surface area contributed by atoms with Gasteiger partial charge in [0, 0.05) is 16.6 Å². The van der Waals surface area contributed by atoms with Gasteiger partial charge in [-0.05, 0) is 30.5 Å². The van der Waals surface area contributed by atoms with Gasteiger partial charge in [0.1, 0.15) is 17.0 Å². The Morgan fingerprint density at radius 3 is 2.60 bits per heavy atom. The highest BCUT2D eigenvalue weighted by Crippen LogP contribution is 2.37. The maximum atomic E-state index is 4.54. The van der Waals surface area contributed by atoms with E-state index >= 15 is 0 Å². The molecular formula is C21H19N3S. The van der Waals surface area contributed by atoms with Crippen molar-refractivity contribution in [2.24, 2.45) is 0 Å². The second-order valence-corrected chi connectivity index (χ2v) is 6.91. The number of thiophene rings is 1. The highest BCUT2D eigenvalue weighted by atomic mass is 32.1. The van der Waals surface area contributed by atoms with Gasteiger partial charge in [0.05, 0.1) is 5.39 Å². The summed E-state index contributed by atoms with van der Waals surface area (Å²) >= 11 is 1.66. The first-order valence-corrected chi connectivity index (χ1v) is 9.28. The van der Waals surface area contributed by atoms with Gasteiger partial charge in [0.25, 0.3) is 0 Å². The van der Waals surface area contributed by atoms with E-state index in [1.165, 1.54) is 22.3 Å². The summed E-state index contributed by atoms with van der Waals surface area (Å²) in [6.07, 6.45) is 2.61. The molecule has 4 aromatic rings. The summed E-state index contributed by atoms with van der Waals surface area (Å²) in [7, 11) is 0. The highest BCUT2D eigenvalue weighted by molar-refractivity contribution is 7.17. The standard InChI is InChI=1S/C21H19N3S/c1-3-15-6-4-5-7-18(15)24-20-19-17(12-25-21(19)23-13-22-20)16-10-8-14(2)9-11-16/h4-13H,3H2,1-2H3,(H,22,23,24). The van der Waals surface area contributed by atoms with Crippen molar-refractivity contribution < 1.29 is 0 Å². The molecule has 2 heterocycles. The van der Waals surface area contributed by atoms with Crippen molar-refractivity contribution in [3.05, 3.63) is 71.4 Å². The van der Waals surface area contributed by atoms with Crippen LogP contribution in [0.3, 0.4) is 0 Å². The summed E-state index contributed by atoms with van der Waals surface area (Å²) in [6, 6.07) is 17.0. The van der Waals surface area contributed by atoms with Crippen LogP contribution in [-0.4, -0.2) is 9.97 Å². The molecule has 0 aliphatic heterocycles. The summed E-state index contributed by atoms with van der Waals surface area (Å²) in [4.78, 5) is 10.00. The number of hydrogen-bond acceptors (Lipinski definition) is 4. The number of para-hydroxylation sites is 1. The minimum atomic E-state index is 0.864. The molecule has 0 bridgehead atoms. The van der Waals surface area contributed by atoms with Crippen LogP contribution in [0.5, 0.6) is 0 Å². The molecule has 0 radical (unpaired) electrons. The number of anilines is 2. The van der Waals surface area contributed by atoms with Crippen LogP contribution >= 0.6 is 11.3 Å². The number of nitrogens with one attached hydrogen (secondary N) is 1.